The number of carbonyl (C=O) groups is 1. The molecular formula is C23H21F2NO4S. The van der Waals surface area contributed by atoms with Crippen LogP contribution in [0.1, 0.15) is 32.4 Å². The minimum Gasteiger partial charge on any atom is -0.493 e. The van der Waals surface area contributed by atoms with E-state index in [4.69, 9.17) is 9.47 Å². The molecule has 1 unspecified atom stereocenters. The Hall–Kier alpha value is -3.13. The molecule has 31 heavy (non-hydrogen) atoms. The number of carbonyl (C=O) groups excluding carboxylic acids is 1. The Morgan fingerprint density at radius 3 is 2.55 bits per heavy atom. The average Bonchev–Trinajstić information content (AvgIpc) is 3.31. The fourth-order valence-electron chi connectivity index (χ4n) is 3.89. The van der Waals surface area contributed by atoms with Crippen molar-refractivity contribution in [3.05, 3.63) is 75.5 Å². The third kappa shape index (κ3) is 4.20. The number of methoxy groups -OCH3 is 2. The molecule has 8 heteroatoms. The molecule has 0 spiro atoms. The van der Waals surface area contributed by atoms with Crippen molar-refractivity contribution >= 4 is 17.2 Å². The lowest BCUT2D eigenvalue weighted by Crippen LogP contribution is -2.40. The van der Waals surface area contributed by atoms with Crippen LogP contribution in [0.2, 0.25) is 0 Å². The number of hydrogen-bond acceptors (Lipinski definition) is 5. The maximum absolute atomic E-state index is 13.5. The van der Waals surface area contributed by atoms with Gasteiger partial charge in [0.25, 0.3) is 5.91 Å². The van der Waals surface area contributed by atoms with E-state index in [-0.39, 0.29) is 17.7 Å². The number of nitrogens with zero attached hydrogens (tertiary/aromatic N) is 1. The zero-order valence-electron chi connectivity index (χ0n) is 17.0. The first-order valence-corrected chi connectivity index (χ1v) is 10.5. The molecule has 5 nitrogen and oxygen atoms in total. The monoisotopic (exact) mass is 445 g/mol. The molecule has 162 valence electrons. The van der Waals surface area contributed by atoms with E-state index < -0.39 is 6.61 Å². The first-order chi connectivity index (χ1) is 15.0. The number of ether oxygens (including phenoxy) is 3. The first kappa shape index (κ1) is 21.1. The maximum Gasteiger partial charge on any atom is 0.387 e. The van der Waals surface area contributed by atoms with Crippen molar-refractivity contribution in [1.82, 2.24) is 4.90 Å². The predicted molar refractivity (Wildman–Crippen MR) is 114 cm³/mol. The lowest BCUT2D eigenvalue weighted by Gasteiger charge is -2.37. The molecule has 2 heterocycles. The Morgan fingerprint density at radius 1 is 1.10 bits per heavy atom. The van der Waals surface area contributed by atoms with E-state index in [1.807, 2.05) is 29.6 Å². The van der Waals surface area contributed by atoms with E-state index in [1.165, 1.54) is 18.2 Å². The fraction of sp³-hybridized carbons (Fsp3) is 0.261. The molecule has 2 aromatic carbocycles. The number of fused-ring (bicyclic) bond motifs is 1. The highest BCUT2D eigenvalue weighted by Crippen LogP contribution is 2.42. The van der Waals surface area contributed by atoms with Gasteiger partial charge in [0.15, 0.2) is 11.5 Å². The highest BCUT2D eigenvalue weighted by molar-refractivity contribution is 7.10. The molecule has 0 radical (unpaired) electrons. The Morgan fingerprint density at radius 2 is 1.87 bits per heavy atom. The largest absolute Gasteiger partial charge is 0.493 e. The normalized spacial score (nSPS) is 15.5. The molecule has 4 rings (SSSR count). The van der Waals surface area contributed by atoms with Crippen molar-refractivity contribution in [3.63, 3.8) is 0 Å². The van der Waals surface area contributed by atoms with Gasteiger partial charge in [-0.1, -0.05) is 12.1 Å². The SMILES string of the molecule is COc1cc2c(cc1OC)C(c1cccs1)N(C(=O)c1cccc(OC(F)F)c1)CC2. The molecule has 0 saturated carbocycles. The molecule has 0 N–H and O–H groups in total. The molecule has 0 saturated heterocycles. The summed E-state index contributed by atoms with van der Waals surface area (Å²) in [6.07, 6.45) is 0.635. The molecule has 3 aromatic rings. The Labute approximate surface area is 182 Å². The Kier molecular flexibility index (Phi) is 6.08. The summed E-state index contributed by atoms with van der Waals surface area (Å²) in [5.74, 6) is 0.933. The van der Waals surface area contributed by atoms with Gasteiger partial charge in [-0.25, -0.2) is 0 Å². The van der Waals surface area contributed by atoms with Crippen molar-refractivity contribution in [2.24, 2.45) is 0 Å². The van der Waals surface area contributed by atoms with Gasteiger partial charge in [0.1, 0.15) is 5.75 Å². The van der Waals surface area contributed by atoms with E-state index in [2.05, 4.69) is 4.74 Å². The second kappa shape index (κ2) is 8.93. The van der Waals surface area contributed by atoms with Crippen LogP contribution in [0.15, 0.2) is 53.9 Å². The van der Waals surface area contributed by atoms with Gasteiger partial charge in [-0.05, 0) is 59.3 Å². The topological polar surface area (TPSA) is 48.0 Å². The third-order valence-electron chi connectivity index (χ3n) is 5.25. The number of amides is 1. The Balaban J connectivity index is 1.76. The molecule has 1 aromatic heterocycles. The fourth-order valence-corrected chi connectivity index (χ4v) is 4.74. The van der Waals surface area contributed by atoms with Crippen LogP contribution in [0.3, 0.4) is 0 Å². The number of rotatable bonds is 6. The molecule has 0 bridgehead atoms. The first-order valence-electron chi connectivity index (χ1n) is 9.66. The van der Waals surface area contributed by atoms with Gasteiger partial charge in [-0.2, -0.15) is 8.78 Å². The van der Waals surface area contributed by atoms with Gasteiger partial charge in [-0.15, -0.1) is 11.3 Å². The van der Waals surface area contributed by atoms with E-state index in [9.17, 15) is 13.6 Å². The van der Waals surface area contributed by atoms with Crippen LogP contribution in [0.5, 0.6) is 17.2 Å². The highest BCUT2D eigenvalue weighted by Gasteiger charge is 2.34. The van der Waals surface area contributed by atoms with E-state index in [1.54, 1.807) is 36.5 Å². The standard InChI is InChI=1S/C23H21F2NO4S/c1-28-18-12-14-8-9-26(22(27)15-5-3-6-16(11-15)30-23(24)25)21(20-7-4-10-31-20)17(14)13-19(18)29-2/h3-7,10-13,21,23H,8-9H2,1-2H3. The molecule has 0 aliphatic carbocycles. The zero-order chi connectivity index (χ0) is 22.0. The summed E-state index contributed by atoms with van der Waals surface area (Å²) in [6, 6.07) is 13.4. The van der Waals surface area contributed by atoms with Crippen molar-refractivity contribution < 1.29 is 27.8 Å². The van der Waals surface area contributed by atoms with Crippen LogP contribution in [0.4, 0.5) is 8.78 Å². The highest BCUT2D eigenvalue weighted by atomic mass is 32.1. The lowest BCUT2D eigenvalue weighted by atomic mass is 9.90. The van der Waals surface area contributed by atoms with Crippen LogP contribution < -0.4 is 14.2 Å². The predicted octanol–water partition coefficient (Wildman–Crippen LogP) is 5.15. The summed E-state index contributed by atoms with van der Waals surface area (Å²) in [4.78, 5) is 16.2. The minimum absolute atomic E-state index is 0.0441. The number of halogens is 2. The summed E-state index contributed by atoms with van der Waals surface area (Å²) in [5, 5.41) is 1.96. The molecular weight excluding hydrogens is 424 g/mol. The van der Waals surface area contributed by atoms with E-state index in [0.717, 1.165) is 16.0 Å². The lowest BCUT2D eigenvalue weighted by molar-refractivity contribution is -0.0499. The summed E-state index contributed by atoms with van der Waals surface area (Å²) >= 11 is 1.55. The van der Waals surface area contributed by atoms with Crippen LogP contribution in [0.25, 0.3) is 0 Å². The quantitative estimate of drug-likeness (QED) is 0.526. The van der Waals surface area contributed by atoms with Crippen molar-refractivity contribution in [2.45, 2.75) is 19.1 Å². The second-order valence-corrected chi connectivity index (χ2v) is 7.96. The number of alkyl halides is 2. The number of hydrogen-bond donors (Lipinski definition) is 0. The maximum atomic E-state index is 13.5. The van der Waals surface area contributed by atoms with Crippen molar-refractivity contribution in [3.8, 4) is 17.2 Å². The average molecular weight is 445 g/mol. The van der Waals surface area contributed by atoms with Crippen molar-refractivity contribution in [1.29, 1.82) is 0 Å². The molecule has 1 aliphatic heterocycles. The molecule has 0 fully saturated rings. The van der Waals surface area contributed by atoms with E-state index in [0.29, 0.717) is 30.0 Å². The zero-order valence-corrected chi connectivity index (χ0v) is 17.8. The van der Waals surface area contributed by atoms with Gasteiger partial charge in [0.2, 0.25) is 0 Å². The number of benzene rings is 2. The Bertz CT molecular complexity index is 1070. The van der Waals surface area contributed by atoms with Gasteiger partial charge in [0, 0.05) is 17.0 Å². The molecule has 1 amide bonds. The van der Waals surface area contributed by atoms with Gasteiger partial charge < -0.3 is 19.1 Å². The summed E-state index contributed by atoms with van der Waals surface area (Å²) < 4.78 is 40.6. The van der Waals surface area contributed by atoms with E-state index >= 15 is 0 Å². The van der Waals surface area contributed by atoms with Gasteiger partial charge in [0.05, 0.1) is 20.3 Å². The smallest absolute Gasteiger partial charge is 0.387 e. The molecule has 1 aliphatic rings. The summed E-state index contributed by atoms with van der Waals surface area (Å²) in [7, 11) is 3.17. The molecule has 1 atom stereocenters. The van der Waals surface area contributed by atoms with Gasteiger partial charge in [-0.3, -0.25) is 4.79 Å². The van der Waals surface area contributed by atoms with Crippen LogP contribution in [0, 0.1) is 0 Å². The van der Waals surface area contributed by atoms with Crippen LogP contribution in [-0.2, 0) is 6.42 Å². The van der Waals surface area contributed by atoms with Crippen LogP contribution >= 0.6 is 11.3 Å². The van der Waals surface area contributed by atoms with Crippen LogP contribution in [-0.4, -0.2) is 38.2 Å². The third-order valence-corrected chi connectivity index (χ3v) is 6.18. The number of thiophene rings is 1. The second-order valence-electron chi connectivity index (χ2n) is 6.98. The van der Waals surface area contributed by atoms with Crippen molar-refractivity contribution in [2.75, 3.05) is 20.8 Å². The minimum atomic E-state index is -2.95. The summed E-state index contributed by atoms with van der Waals surface area (Å²) in [5.41, 5.74) is 2.33. The van der Waals surface area contributed by atoms with Gasteiger partial charge >= 0.3 is 6.61 Å². The summed E-state index contributed by atoms with van der Waals surface area (Å²) in [6.45, 7) is -2.47.